The lowest BCUT2D eigenvalue weighted by Crippen LogP contribution is -2.14. The Bertz CT molecular complexity index is 652. The van der Waals surface area contributed by atoms with Crippen molar-refractivity contribution in [2.24, 2.45) is 5.92 Å². The van der Waals surface area contributed by atoms with Gasteiger partial charge >= 0.3 is 0 Å². The molecule has 1 fully saturated rings. The second kappa shape index (κ2) is 5.96. The number of hydrogen-bond donors (Lipinski definition) is 1. The van der Waals surface area contributed by atoms with E-state index in [1.54, 1.807) is 0 Å². The molecule has 0 unspecified atom stereocenters. The molecule has 1 saturated carbocycles. The van der Waals surface area contributed by atoms with Crippen molar-refractivity contribution in [3.63, 3.8) is 0 Å². The lowest BCUT2D eigenvalue weighted by Gasteiger charge is -2.10. The molecule has 21 heavy (non-hydrogen) atoms. The summed E-state index contributed by atoms with van der Waals surface area (Å²) >= 11 is 0. The zero-order valence-electron chi connectivity index (χ0n) is 12.2. The molecular formula is C19H19NO. The van der Waals surface area contributed by atoms with E-state index < -0.39 is 0 Å². The Morgan fingerprint density at radius 3 is 2.33 bits per heavy atom. The summed E-state index contributed by atoms with van der Waals surface area (Å²) in [5.74, 6) is 0.529. The molecule has 1 aliphatic rings. The predicted molar refractivity (Wildman–Crippen MR) is 87.0 cm³/mol. The maximum atomic E-state index is 12.6. The summed E-state index contributed by atoms with van der Waals surface area (Å²) in [6.07, 6.45) is 4.49. The fourth-order valence-corrected chi connectivity index (χ4v) is 2.25. The van der Waals surface area contributed by atoms with Crippen molar-refractivity contribution in [2.75, 3.05) is 5.32 Å². The molecule has 3 rings (SSSR count). The molecule has 0 saturated heterocycles. The summed E-state index contributed by atoms with van der Waals surface area (Å²) in [5, 5.41) is 2.99. The van der Waals surface area contributed by atoms with E-state index in [1.807, 2.05) is 61.5 Å². The van der Waals surface area contributed by atoms with Crippen LogP contribution in [0.25, 0.3) is 5.57 Å². The van der Waals surface area contributed by atoms with Crippen LogP contribution in [0, 0.1) is 12.8 Å². The monoisotopic (exact) mass is 277 g/mol. The van der Waals surface area contributed by atoms with Crippen molar-refractivity contribution in [2.45, 2.75) is 19.8 Å². The van der Waals surface area contributed by atoms with Crippen LogP contribution in [0.5, 0.6) is 0 Å². The summed E-state index contributed by atoms with van der Waals surface area (Å²) in [6.45, 7) is 2.04. The number of benzene rings is 2. The second-order valence-electron chi connectivity index (χ2n) is 5.60. The van der Waals surface area contributed by atoms with Gasteiger partial charge in [-0.25, -0.2) is 0 Å². The number of anilines is 1. The molecule has 0 aliphatic heterocycles. The number of carbonyl (C=O) groups is 1. The van der Waals surface area contributed by atoms with Crippen LogP contribution in [-0.4, -0.2) is 5.91 Å². The SMILES string of the molecule is Cc1ccc(NC(=O)/C(=C/C2CC2)c2ccccc2)cc1. The van der Waals surface area contributed by atoms with E-state index in [1.165, 1.54) is 18.4 Å². The van der Waals surface area contributed by atoms with Crippen molar-refractivity contribution in [1.82, 2.24) is 0 Å². The van der Waals surface area contributed by atoms with Crippen molar-refractivity contribution < 1.29 is 4.79 Å². The lowest BCUT2D eigenvalue weighted by atomic mass is 10.0. The van der Waals surface area contributed by atoms with Gasteiger partial charge in [-0.15, -0.1) is 0 Å². The average Bonchev–Trinajstić information content (AvgIpc) is 3.32. The molecule has 0 aromatic heterocycles. The standard InChI is InChI=1S/C19H19NO/c1-14-7-11-17(12-8-14)20-19(21)18(13-15-9-10-15)16-5-3-2-4-6-16/h2-8,11-13,15H,9-10H2,1H3,(H,20,21)/b18-13+. The van der Waals surface area contributed by atoms with Crippen LogP contribution < -0.4 is 5.32 Å². The first kappa shape index (κ1) is 13.6. The van der Waals surface area contributed by atoms with Gasteiger partial charge in [0.25, 0.3) is 5.91 Å². The Morgan fingerprint density at radius 2 is 1.71 bits per heavy atom. The average molecular weight is 277 g/mol. The quantitative estimate of drug-likeness (QED) is 0.823. The molecule has 1 amide bonds. The van der Waals surface area contributed by atoms with Crippen LogP contribution in [-0.2, 0) is 4.79 Å². The first-order valence-corrected chi connectivity index (χ1v) is 7.37. The van der Waals surface area contributed by atoms with Gasteiger partial charge in [0.15, 0.2) is 0 Å². The van der Waals surface area contributed by atoms with E-state index in [-0.39, 0.29) is 5.91 Å². The third-order valence-corrected chi connectivity index (χ3v) is 3.66. The minimum absolute atomic E-state index is 0.0306. The van der Waals surface area contributed by atoms with Gasteiger partial charge < -0.3 is 5.32 Å². The minimum Gasteiger partial charge on any atom is -0.322 e. The van der Waals surface area contributed by atoms with Crippen LogP contribution in [0.3, 0.4) is 0 Å². The summed E-state index contributed by atoms with van der Waals surface area (Å²) in [5.41, 5.74) is 3.78. The molecule has 1 N–H and O–H groups in total. The third-order valence-electron chi connectivity index (χ3n) is 3.66. The van der Waals surface area contributed by atoms with E-state index >= 15 is 0 Å². The van der Waals surface area contributed by atoms with E-state index in [9.17, 15) is 4.79 Å². The Labute approximate surface area is 125 Å². The van der Waals surface area contributed by atoms with Crippen molar-refractivity contribution >= 4 is 17.2 Å². The second-order valence-corrected chi connectivity index (χ2v) is 5.60. The van der Waals surface area contributed by atoms with E-state index in [2.05, 4.69) is 11.4 Å². The molecule has 106 valence electrons. The van der Waals surface area contributed by atoms with E-state index in [0.29, 0.717) is 5.92 Å². The van der Waals surface area contributed by atoms with Crippen LogP contribution in [0.15, 0.2) is 60.7 Å². The maximum Gasteiger partial charge on any atom is 0.255 e. The Morgan fingerprint density at radius 1 is 1.05 bits per heavy atom. The summed E-state index contributed by atoms with van der Waals surface area (Å²) < 4.78 is 0. The van der Waals surface area contributed by atoms with E-state index in [4.69, 9.17) is 0 Å². The maximum absolute atomic E-state index is 12.6. The smallest absolute Gasteiger partial charge is 0.255 e. The van der Waals surface area contributed by atoms with Gasteiger partial charge in [0, 0.05) is 11.3 Å². The van der Waals surface area contributed by atoms with Crippen molar-refractivity contribution in [1.29, 1.82) is 0 Å². The van der Waals surface area contributed by atoms with E-state index in [0.717, 1.165) is 16.8 Å². The fraction of sp³-hybridized carbons (Fsp3) is 0.211. The van der Waals surface area contributed by atoms with Gasteiger partial charge in [0.1, 0.15) is 0 Å². The predicted octanol–water partition coefficient (Wildman–Crippen LogP) is 4.43. The Kier molecular flexibility index (Phi) is 3.87. The topological polar surface area (TPSA) is 29.1 Å². The molecule has 2 nitrogen and oxygen atoms in total. The molecule has 2 aromatic carbocycles. The Hall–Kier alpha value is -2.35. The van der Waals surface area contributed by atoms with Gasteiger partial charge in [-0.1, -0.05) is 54.1 Å². The van der Waals surface area contributed by atoms with Gasteiger partial charge in [-0.2, -0.15) is 0 Å². The number of carbonyl (C=O) groups excluding carboxylic acids is 1. The molecule has 2 aromatic rings. The fourth-order valence-electron chi connectivity index (χ4n) is 2.25. The Balaban J connectivity index is 1.83. The highest BCUT2D eigenvalue weighted by Gasteiger charge is 2.22. The molecule has 0 bridgehead atoms. The molecule has 1 aliphatic carbocycles. The highest BCUT2D eigenvalue weighted by Crippen LogP contribution is 2.33. The molecule has 2 heteroatoms. The zero-order valence-corrected chi connectivity index (χ0v) is 12.2. The number of hydrogen-bond acceptors (Lipinski definition) is 1. The molecular weight excluding hydrogens is 258 g/mol. The number of amides is 1. The van der Waals surface area contributed by atoms with Crippen molar-refractivity contribution in [3.8, 4) is 0 Å². The summed E-state index contributed by atoms with van der Waals surface area (Å²) in [4.78, 5) is 12.6. The van der Waals surface area contributed by atoms with Gasteiger partial charge in [-0.05, 0) is 43.4 Å². The molecule has 0 radical (unpaired) electrons. The largest absolute Gasteiger partial charge is 0.322 e. The van der Waals surface area contributed by atoms with Crippen molar-refractivity contribution in [3.05, 3.63) is 71.8 Å². The van der Waals surface area contributed by atoms with Crippen LogP contribution >= 0.6 is 0 Å². The first-order valence-electron chi connectivity index (χ1n) is 7.37. The lowest BCUT2D eigenvalue weighted by molar-refractivity contribution is -0.111. The minimum atomic E-state index is -0.0306. The normalized spacial score (nSPS) is 14.8. The van der Waals surface area contributed by atoms with Crippen LogP contribution in [0.1, 0.15) is 24.0 Å². The highest BCUT2D eigenvalue weighted by atomic mass is 16.1. The number of allylic oxidation sites excluding steroid dienone is 1. The van der Waals surface area contributed by atoms with Gasteiger partial charge in [0.2, 0.25) is 0 Å². The van der Waals surface area contributed by atoms with Crippen LogP contribution in [0.2, 0.25) is 0 Å². The number of rotatable bonds is 4. The molecule has 0 atom stereocenters. The van der Waals surface area contributed by atoms with Gasteiger partial charge in [-0.3, -0.25) is 4.79 Å². The highest BCUT2D eigenvalue weighted by molar-refractivity contribution is 6.25. The van der Waals surface area contributed by atoms with Crippen LogP contribution in [0.4, 0.5) is 5.69 Å². The zero-order chi connectivity index (χ0) is 14.7. The third kappa shape index (κ3) is 3.60. The number of aryl methyl sites for hydroxylation is 1. The molecule has 0 spiro atoms. The summed E-state index contributed by atoms with van der Waals surface area (Å²) in [7, 11) is 0. The number of nitrogens with one attached hydrogen (secondary N) is 1. The first-order chi connectivity index (χ1) is 10.2. The molecule has 0 heterocycles. The van der Waals surface area contributed by atoms with Gasteiger partial charge in [0.05, 0.1) is 0 Å². The summed E-state index contributed by atoms with van der Waals surface area (Å²) in [6, 6.07) is 17.8.